The zero-order chi connectivity index (χ0) is 18.3. The molecule has 0 aromatic heterocycles. The van der Waals surface area contributed by atoms with Crippen molar-refractivity contribution in [1.82, 2.24) is 10.2 Å². The van der Waals surface area contributed by atoms with E-state index in [2.05, 4.69) is 10.2 Å². The fraction of sp³-hybridized carbons (Fsp3) is 0.579. The highest BCUT2D eigenvalue weighted by Gasteiger charge is 2.36. The van der Waals surface area contributed by atoms with Gasteiger partial charge in [0.25, 0.3) is 11.8 Å². The first kappa shape index (κ1) is 17.6. The number of carbonyl (C=O) groups is 2. The Morgan fingerprint density at radius 1 is 1.35 bits per heavy atom. The average molecular weight is 378 g/mol. The molecule has 4 heterocycles. The Balaban J connectivity index is 1.61. The normalized spacial score (nSPS) is 27.1. The molecule has 4 aliphatic heterocycles. The molecule has 1 aromatic carbocycles. The number of piperidine rings is 3. The summed E-state index contributed by atoms with van der Waals surface area (Å²) in [6, 6.07) is 3.50. The summed E-state index contributed by atoms with van der Waals surface area (Å²) < 4.78 is 5.65. The van der Waals surface area contributed by atoms with Crippen molar-refractivity contribution in [3.05, 3.63) is 22.7 Å². The molecule has 1 unspecified atom stereocenters. The number of benzene rings is 1. The second-order valence-electron chi connectivity index (χ2n) is 7.35. The SMILES string of the molecule is CCCN1C(=O)COc2c(C(=O)NC3CN4CCC3CC4)cc(Cl)cc21. The summed E-state index contributed by atoms with van der Waals surface area (Å²) in [5.74, 6) is 0.720. The molecule has 1 atom stereocenters. The number of anilines is 1. The van der Waals surface area contributed by atoms with E-state index in [9.17, 15) is 9.59 Å². The summed E-state index contributed by atoms with van der Waals surface area (Å²) in [6.07, 6.45) is 3.08. The maximum absolute atomic E-state index is 13.0. The van der Waals surface area contributed by atoms with Crippen LogP contribution in [0, 0.1) is 5.92 Å². The number of halogens is 1. The number of nitrogens with one attached hydrogen (secondary N) is 1. The van der Waals surface area contributed by atoms with Gasteiger partial charge in [-0.2, -0.15) is 0 Å². The topological polar surface area (TPSA) is 61.9 Å². The van der Waals surface area contributed by atoms with Crippen LogP contribution in [0.25, 0.3) is 0 Å². The van der Waals surface area contributed by atoms with Crippen molar-refractivity contribution in [2.45, 2.75) is 32.2 Å². The number of nitrogens with zero attached hydrogens (tertiary/aromatic N) is 2. The Morgan fingerprint density at radius 2 is 2.12 bits per heavy atom. The van der Waals surface area contributed by atoms with E-state index in [0.717, 1.165) is 38.9 Å². The molecular weight excluding hydrogens is 354 g/mol. The molecule has 1 N–H and O–H groups in total. The largest absolute Gasteiger partial charge is 0.481 e. The fourth-order valence-electron chi connectivity index (χ4n) is 4.29. The van der Waals surface area contributed by atoms with E-state index >= 15 is 0 Å². The lowest BCUT2D eigenvalue weighted by Crippen LogP contribution is -2.57. The van der Waals surface area contributed by atoms with Crippen LogP contribution in [0.3, 0.4) is 0 Å². The molecule has 3 fully saturated rings. The predicted octanol–water partition coefficient (Wildman–Crippen LogP) is 2.30. The molecule has 2 amide bonds. The third-order valence-electron chi connectivity index (χ3n) is 5.63. The Hall–Kier alpha value is -1.79. The monoisotopic (exact) mass is 377 g/mol. The van der Waals surface area contributed by atoms with Crippen molar-refractivity contribution in [2.75, 3.05) is 37.7 Å². The molecule has 2 bridgehead atoms. The van der Waals surface area contributed by atoms with Gasteiger partial charge in [-0.05, 0) is 50.4 Å². The maximum Gasteiger partial charge on any atom is 0.265 e. The number of fused-ring (bicyclic) bond motifs is 4. The Bertz CT molecular complexity index is 731. The van der Waals surface area contributed by atoms with Crippen LogP contribution in [-0.2, 0) is 4.79 Å². The molecule has 26 heavy (non-hydrogen) atoms. The van der Waals surface area contributed by atoms with Gasteiger partial charge in [0.1, 0.15) is 0 Å². The molecular formula is C19H24ClN3O3. The van der Waals surface area contributed by atoms with E-state index in [0.29, 0.717) is 34.5 Å². The molecule has 6 nitrogen and oxygen atoms in total. The molecule has 0 spiro atoms. The van der Waals surface area contributed by atoms with Crippen molar-refractivity contribution < 1.29 is 14.3 Å². The predicted molar refractivity (Wildman–Crippen MR) is 100 cm³/mol. The summed E-state index contributed by atoms with van der Waals surface area (Å²) in [6.45, 7) is 5.70. The second kappa shape index (κ2) is 7.08. The van der Waals surface area contributed by atoms with Crippen LogP contribution >= 0.6 is 11.6 Å². The lowest BCUT2D eigenvalue weighted by molar-refractivity contribution is -0.121. The number of hydrogen-bond acceptors (Lipinski definition) is 4. The standard InChI is InChI=1S/C19H24ClN3O3/c1-2-5-23-16-9-13(20)8-14(18(16)26-11-17(23)24)19(25)21-15-10-22-6-3-12(15)4-7-22/h8-9,12,15H,2-7,10-11H2,1H3,(H,21,25). The first-order chi connectivity index (χ1) is 12.6. The van der Waals surface area contributed by atoms with Crippen LogP contribution in [0.2, 0.25) is 5.02 Å². The van der Waals surface area contributed by atoms with Gasteiger partial charge in [-0.25, -0.2) is 0 Å². The summed E-state index contributed by atoms with van der Waals surface area (Å²) in [5, 5.41) is 3.61. The highest BCUT2D eigenvalue weighted by atomic mass is 35.5. The van der Waals surface area contributed by atoms with Gasteiger partial charge in [0.15, 0.2) is 12.4 Å². The molecule has 140 valence electrons. The van der Waals surface area contributed by atoms with Gasteiger partial charge >= 0.3 is 0 Å². The van der Waals surface area contributed by atoms with E-state index < -0.39 is 0 Å². The number of rotatable bonds is 4. The minimum absolute atomic E-state index is 0.0469. The number of amides is 2. The molecule has 0 saturated carbocycles. The van der Waals surface area contributed by atoms with Crippen molar-refractivity contribution >= 4 is 29.1 Å². The summed E-state index contributed by atoms with van der Waals surface area (Å²) in [4.78, 5) is 29.2. The molecule has 1 aromatic rings. The molecule has 7 heteroatoms. The third-order valence-corrected chi connectivity index (χ3v) is 5.85. The Labute approximate surface area is 158 Å². The number of hydrogen-bond donors (Lipinski definition) is 1. The first-order valence-electron chi connectivity index (χ1n) is 9.36. The van der Waals surface area contributed by atoms with Gasteiger partial charge < -0.3 is 19.9 Å². The van der Waals surface area contributed by atoms with Crippen LogP contribution in [-0.4, -0.2) is 55.5 Å². The molecule has 4 aliphatic rings. The van der Waals surface area contributed by atoms with Gasteiger partial charge in [-0.15, -0.1) is 0 Å². The van der Waals surface area contributed by atoms with Crippen LogP contribution in [0.15, 0.2) is 12.1 Å². The zero-order valence-electron chi connectivity index (χ0n) is 15.0. The van der Waals surface area contributed by atoms with Gasteiger partial charge in [0.2, 0.25) is 0 Å². The quantitative estimate of drug-likeness (QED) is 0.874. The molecule has 0 radical (unpaired) electrons. The van der Waals surface area contributed by atoms with Crippen LogP contribution in [0.4, 0.5) is 5.69 Å². The number of ether oxygens (including phenoxy) is 1. The van der Waals surface area contributed by atoms with Gasteiger partial charge in [-0.1, -0.05) is 18.5 Å². The average Bonchev–Trinajstić information content (AvgIpc) is 2.64. The maximum atomic E-state index is 13.0. The van der Waals surface area contributed by atoms with E-state index in [1.807, 2.05) is 6.92 Å². The number of carbonyl (C=O) groups excluding carboxylic acids is 2. The molecule has 3 saturated heterocycles. The lowest BCUT2D eigenvalue weighted by atomic mass is 9.84. The van der Waals surface area contributed by atoms with Gasteiger partial charge in [0, 0.05) is 24.2 Å². The lowest BCUT2D eigenvalue weighted by Gasteiger charge is -2.45. The fourth-order valence-corrected chi connectivity index (χ4v) is 4.50. The smallest absolute Gasteiger partial charge is 0.265 e. The van der Waals surface area contributed by atoms with Crippen LogP contribution in [0.5, 0.6) is 5.75 Å². The van der Waals surface area contributed by atoms with Crippen LogP contribution < -0.4 is 15.0 Å². The molecule has 5 rings (SSSR count). The Morgan fingerprint density at radius 3 is 2.77 bits per heavy atom. The van der Waals surface area contributed by atoms with E-state index in [-0.39, 0.29) is 24.5 Å². The van der Waals surface area contributed by atoms with Gasteiger partial charge in [0.05, 0.1) is 11.3 Å². The van der Waals surface area contributed by atoms with Crippen molar-refractivity contribution in [3.8, 4) is 5.75 Å². The second-order valence-corrected chi connectivity index (χ2v) is 7.79. The highest BCUT2D eigenvalue weighted by Crippen LogP contribution is 2.38. The van der Waals surface area contributed by atoms with Crippen molar-refractivity contribution in [3.63, 3.8) is 0 Å². The van der Waals surface area contributed by atoms with Crippen molar-refractivity contribution in [2.24, 2.45) is 5.92 Å². The molecule has 0 aliphatic carbocycles. The minimum atomic E-state index is -0.173. The first-order valence-corrected chi connectivity index (χ1v) is 9.74. The van der Waals surface area contributed by atoms with E-state index in [1.54, 1.807) is 17.0 Å². The minimum Gasteiger partial charge on any atom is -0.481 e. The highest BCUT2D eigenvalue weighted by molar-refractivity contribution is 6.31. The zero-order valence-corrected chi connectivity index (χ0v) is 15.7. The Kier molecular flexibility index (Phi) is 4.80. The summed E-state index contributed by atoms with van der Waals surface area (Å²) in [5.41, 5.74) is 1.01. The third kappa shape index (κ3) is 3.16. The summed E-state index contributed by atoms with van der Waals surface area (Å²) >= 11 is 6.26. The summed E-state index contributed by atoms with van der Waals surface area (Å²) in [7, 11) is 0. The van der Waals surface area contributed by atoms with E-state index in [4.69, 9.17) is 16.3 Å². The van der Waals surface area contributed by atoms with E-state index in [1.165, 1.54) is 0 Å². The van der Waals surface area contributed by atoms with Crippen molar-refractivity contribution in [1.29, 1.82) is 0 Å². The van der Waals surface area contributed by atoms with Crippen LogP contribution in [0.1, 0.15) is 36.5 Å². The van der Waals surface area contributed by atoms with Gasteiger partial charge in [-0.3, -0.25) is 9.59 Å².